The summed E-state index contributed by atoms with van der Waals surface area (Å²) in [5.74, 6) is -0.0315. The normalized spacial score (nSPS) is 41.8. The third-order valence-corrected chi connectivity index (χ3v) is 2.92. The van der Waals surface area contributed by atoms with E-state index in [-0.39, 0.29) is 16.6 Å². The van der Waals surface area contributed by atoms with Gasteiger partial charge in [-0.05, 0) is 12.8 Å². The van der Waals surface area contributed by atoms with Gasteiger partial charge in [0, 0.05) is 6.42 Å². The summed E-state index contributed by atoms with van der Waals surface area (Å²) in [5.41, 5.74) is 0. The van der Waals surface area contributed by atoms with Crippen molar-refractivity contribution >= 4 is 5.91 Å². The van der Waals surface area contributed by atoms with Crippen LogP contribution in [0.2, 0.25) is 0 Å². The van der Waals surface area contributed by atoms with Gasteiger partial charge in [-0.15, -0.1) is 0 Å². The molecule has 4 heteroatoms. The van der Waals surface area contributed by atoms with E-state index in [1.807, 2.05) is 0 Å². The highest BCUT2D eigenvalue weighted by molar-refractivity contribution is 5.81. The Labute approximate surface area is 71.7 Å². The fraction of sp³-hybridized carbons (Fsp3) is 0.875. The minimum Gasteiger partial charge on any atom is -0.632 e. The second kappa shape index (κ2) is 2.71. The highest BCUT2D eigenvalue weighted by atomic mass is 16.5. The zero-order chi connectivity index (χ0) is 8.60. The molecular weight excluding hydrogens is 156 g/mol. The summed E-state index contributed by atoms with van der Waals surface area (Å²) in [5, 5.41) is 14.7. The Bertz CT molecular complexity index is 203. The van der Waals surface area contributed by atoms with Crippen LogP contribution in [0.1, 0.15) is 19.3 Å². The number of rotatable bonds is 0. The molecule has 0 bridgehead atoms. The van der Waals surface area contributed by atoms with Crippen LogP contribution < -0.4 is 5.32 Å². The number of nitrogens with one attached hydrogen (secondary N) is 1. The maximum Gasteiger partial charge on any atom is 0.278 e. The molecule has 12 heavy (non-hydrogen) atoms. The fourth-order valence-corrected chi connectivity index (χ4v) is 2.21. The van der Waals surface area contributed by atoms with Crippen molar-refractivity contribution in [3.63, 3.8) is 0 Å². The molecule has 1 amide bonds. The highest BCUT2D eigenvalue weighted by Gasteiger charge is 2.40. The van der Waals surface area contributed by atoms with E-state index in [4.69, 9.17) is 0 Å². The van der Waals surface area contributed by atoms with Gasteiger partial charge in [0.15, 0.2) is 6.04 Å². The maximum atomic E-state index is 12.0. The first-order valence-electron chi connectivity index (χ1n) is 4.58. The lowest BCUT2D eigenvalue weighted by molar-refractivity contribution is -0.902. The molecule has 68 valence electrons. The summed E-state index contributed by atoms with van der Waals surface area (Å²) in [6.07, 6.45) is 2.78. The Morgan fingerprint density at radius 3 is 3.00 bits per heavy atom. The average Bonchev–Trinajstić information content (AvgIpc) is 2.04. The lowest BCUT2D eigenvalue weighted by Gasteiger charge is -2.52. The number of hydroxylamine groups is 3. The van der Waals surface area contributed by atoms with Gasteiger partial charge in [-0.3, -0.25) is 4.79 Å². The van der Waals surface area contributed by atoms with E-state index in [0.29, 0.717) is 19.6 Å². The summed E-state index contributed by atoms with van der Waals surface area (Å²) < 4.78 is -0.258. The first-order chi connectivity index (χ1) is 5.72. The minimum atomic E-state index is -0.299. The number of nitrogens with zero attached hydrogens (tertiary/aromatic N) is 1. The standard InChI is InChI=1S/C8H14N2O2/c11-8-7-3-1-2-5-10(7,12)6-4-9-8/h7H,1-6H2,(H,9,11). The Balaban J connectivity index is 2.18. The number of quaternary nitrogens is 1. The zero-order valence-corrected chi connectivity index (χ0v) is 7.08. The molecule has 2 fully saturated rings. The van der Waals surface area contributed by atoms with E-state index in [9.17, 15) is 10.0 Å². The third-order valence-electron chi connectivity index (χ3n) is 2.92. The molecule has 0 aromatic rings. The van der Waals surface area contributed by atoms with Gasteiger partial charge in [0.25, 0.3) is 5.91 Å². The van der Waals surface area contributed by atoms with Crippen LogP contribution in [0.25, 0.3) is 0 Å². The fourth-order valence-electron chi connectivity index (χ4n) is 2.21. The second-order valence-corrected chi connectivity index (χ2v) is 3.70. The second-order valence-electron chi connectivity index (χ2n) is 3.70. The van der Waals surface area contributed by atoms with Gasteiger partial charge >= 0.3 is 0 Å². The van der Waals surface area contributed by atoms with Crippen LogP contribution in [-0.4, -0.2) is 36.2 Å². The molecule has 0 spiro atoms. The molecular formula is C8H14N2O2. The summed E-state index contributed by atoms with van der Waals surface area (Å²) in [6.45, 7) is 1.76. The van der Waals surface area contributed by atoms with Crippen LogP contribution in [0.4, 0.5) is 0 Å². The number of piperazine rings is 1. The number of hydrogen-bond donors (Lipinski definition) is 1. The van der Waals surface area contributed by atoms with Crippen LogP contribution >= 0.6 is 0 Å². The predicted octanol–water partition coefficient (Wildman–Crippen LogP) is -0.0167. The van der Waals surface area contributed by atoms with Gasteiger partial charge in [-0.2, -0.15) is 0 Å². The Morgan fingerprint density at radius 2 is 2.25 bits per heavy atom. The first kappa shape index (κ1) is 8.01. The van der Waals surface area contributed by atoms with Gasteiger partial charge < -0.3 is 15.2 Å². The third kappa shape index (κ3) is 1.11. The van der Waals surface area contributed by atoms with E-state index in [2.05, 4.69) is 5.32 Å². The van der Waals surface area contributed by atoms with Crippen molar-refractivity contribution in [1.82, 2.24) is 5.32 Å². The van der Waals surface area contributed by atoms with E-state index in [1.165, 1.54) is 0 Å². The molecule has 4 nitrogen and oxygen atoms in total. The first-order valence-corrected chi connectivity index (χ1v) is 4.58. The van der Waals surface area contributed by atoms with Crippen LogP contribution in [0.3, 0.4) is 0 Å². The van der Waals surface area contributed by atoms with Crippen LogP contribution in [0, 0.1) is 5.21 Å². The number of hydrogen-bond acceptors (Lipinski definition) is 2. The minimum absolute atomic E-state index is 0.0315. The molecule has 2 atom stereocenters. The summed E-state index contributed by atoms with van der Waals surface area (Å²) >= 11 is 0. The smallest absolute Gasteiger partial charge is 0.278 e. The summed E-state index contributed by atoms with van der Waals surface area (Å²) in [7, 11) is 0. The zero-order valence-electron chi connectivity index (χ0n) is 7.08. The van der Waals surface area contributed by atoms with Crippen LogP contribution in [-0.2, 0) is 4.79 Å². The van der Waals surface area contributed by atoms with E-state index < -0.39 is 0 Å². The average molecular weight is 170 g/mol. The Morgan fingerprint density at radius 1 is 1.42 bits per heavy atom. The van der Waals surface area contributed by atoms with Crippen molar-refractivity contribution in [3.05, 3.63) is 5.21 Å². The van der Waals surface area contributed by atoms with Crippen molar-refractivity contribution in [1.29, 1.82) is 0 Å². The topological polar surface area (TPSA) is 52.2 Å². The molecule has 2 heterocycles. The van der Waals surface area contributed by atoms with Gasteiger partial charge in [0.05, 0.1) is 19.6 Å². The monoisotopic (exact) mass is 170 g/mol. The highest BCUT2D eigenvalue weighted by Crippen LogP contribution is 2.26. The van der Waals surface area contributed by atoms with Gasteiger partial charge in [-0.25, -0.2) is 0 Å². The number of carbonyl (C=O) groups excluding carboxylic acids is 1. The molecule has 0 aliphatic carbocycles. The van der Waals surface area contributed by atoms with E-state index in [0.717, 1.165) is 19.3 Å². The largest absolute Gasteiger partial charge is 0.632 e. The molecule has 0 radical (unpaired) electrons. The number of amides is 1. The van der Waals surface area contributed by atoms with Gasteiger partial charge in [-0.1, -0.05) is 0 Å². The van der Waals surface area contributed by atoms with E-state index >= 15 is 0 Å². The molecule has 1 N–H and O–H groups in total. The molecule has 0 aromatic heterocycles. The molecule has 2 unspecified atom stereocenters. The number of carbonyl (C=O) groups is 1. The van der Waals surface area contributed by atoms with Crippen LogP contribution in [0.15, 0.2) is 0 Å². The SMILES string of the molecule is O=C1NCC[N+]2([O-])CCCCC12. The van der Waals surface area contributed by atoms with Gasteiger partial charge in [0.1, 0.15) is 0 Å². The lowest BCUT2D eigenvalue weighted by Crippen LogP contribution is -2.65. The van der Waals surface area contributed by atoms with Crippen molar-refractivity contribution in [2.45, 2.75) is 25.3 Å². The van der Waals surface area contributed by atoms with Crippen molar-refractivity contribution in [3.8, 4) is 0 Å². The molecule has 0 aromatic carbocycles. The number of fused-ring (bicyclic) bond motifs is 1. The quantitative estimate of drug-likeness (QED) is 0.410. The maximum absolute atomic E-state index is 12.0. The summed E-state index contributed by atoms with van der Waals surface area (Å²) in [4.78, 5) is 11.3. The molecule has 2 aliphatic heterocycles. The van der Waals surface area contributed by atoms with Gasteiger partial charge in [0.2, 0.25) is 0 Å². The van der Waals surface area contributed by atoms with Crippen molar-refractivity contribution < 1.29 is 9.44 Å². The van der Waals surface area contributed by atoms with E-state index in [1.54, 1.807) is 0 Å². The Hall–Kier alpha value is -0.610. The molecule has 0 saturated carbocycles. The van der Waals surface area contributed by atoms with Crippen molar-refractivity contribution in [2.24, 2.45) is 0 Å². The Kier molecular flexibility index (Phi) is 1.81. The molecule has 2 aliphatic rings. The van der Waals surface area contributed by atoms with Crippen molar-refractivity contribution in [2.75, 3.05) is 19.6 Å². The molecule has 2 rings (SSSR count). The summed E-state index contributed by atoms with van der Waals surface area (Å²) in [6, 6.07) is -0.299. The predicted molar refractivity (Wildman–Crippen MR) is 44.0 cm³/mol. The van der Waals surface area contributed by atoms with Crippen LogP contribution in [0.5, 0.6) is 0 Å². The molecule has 2 saturated heterocycles. The lowest BCUT2D eigenvalue weighted by atomic mass is 9.99. The number of piperidine rings is 1.